The van der Waals surface area contributed by atoms with Gasteiger partial charge in [0.2, 0.25) is 0 Å². The molecule has 1 heterocycles. The number of hydrogen-bond donors (Lipinski definition) is 2. The molecule has 0 unspecified atom stereocenters. The summed E-state index contributed by atoms with van der Waals surface area (Å²) in [5, 5.41) is 12.6. The third-order valence-corrected chi connectivity index (χ3v) is 5.94. The van der Waals surface area contributed by atoms with Crippen LogP contribution in [0.3, 0.4) is 0 Å². The van der Waals surface area contributed by atoms with Crippen molar-refractivity contribution in [3.05, 3.63) is 52.6 Å². The number of amides is 1. The van der Waals surface area contributed by atoms with Crippen LogP contribution >= 0.6 is 0 Å². The monoisotopic (exact) mass is 442 g/mol. The standard InChI is InChI=1S/C25H34N2O5/c1-16(28)15-32-24-7-6-19(17(2)18(24)3)13-27-9-8-21(14-27)26-25(29)20-10-22(30-4)12-23(11-20)31-5/h6-7,10-12,16,21,28H,8-9,13-15H2,1-5H3,(H,26,29)/t16-,21-/m1/s1. The minimum atomic E-state index is -0.496. The number of likely N-dealkylation sites (tertiary alicyclic amines) is 1. The van der Waals surface area contributed by atoms with Crippen molar-refractivity contribution in [3.8, 4) is 17.2 Å². The number of benzene rings is 2. The van der Waals surface area contributed by atoms with E-state index in [-0.39, 0.29) is 18.6 Å². The van der Waals surface area contributed by atoms with Crippen LogP contribution in [0.1, 0.15) is 40.4 Å². The van der Waals surface area contributed by atoms with E-state index in [1.165, 1.54) is 11.1 Å². The van der Waals surface area contributed by atoms with E-state index in [2.05, 4.69) is 23.2 Å². The first-order valence-corrected chi connectivity index (χ1v) is 11.0. The molecule has 1 fully saturated rings. The molecular formula is C25H34N2O5. The molecule has 32 heavy (non-hydrogen) atoms. The number of carbonyl (C=O) groups excluding carboxylic acids is 1. The van der Waals surface area contributed by atoms with Crippen LogP contribution in [0.4, 0.5) is 0 Å². The molecule has 0 radical (unpaired) electrons. The van der Waals surface area contributed by atoms with Crippen molar-refractivity contribution in [2.45, 2.75) is 45.9 Å². The van der Waals surface area contributed by atoms with Crippen molar-refractivity contribution in [2.24, 2.45) is 0 Å². The van der Waals surface area contributed by atoms with Crippen molar-refractivity contribution in [3.63, 3.8) is 0 Å². The molecule has 2 atom stereocenters. The van der Waals surface area contributed by atoms with Gasteiger partial charge in [0.1, 0.15) is 23.9 Å². The summed E-state index contributed by atoms with van der Waals surface area (Å²) in [5.74, 6) is 1.87. The fraction of sp³-hybridized carbons (Fsp3) is 0.480. The number of hydrogen-bond acceptors (Lipinski definition) is 6. The van der Waals surface area contributed by atoms with Crippen LogP contribution in [0.25, 0.3) is 0 Å². The predicted octanol–water partition coefficient (Wildman–Crippen LogP) is 3.08. The molecule has 1 saturated heterocycles. The maximum Gasteiger partial charge on any atom is 0.251 e. The van der Waals surface area contributed by atoms with E-state index < -0.39 is 6.10 Å². The molecule has 2 aromatic carbocycles. The molecule has 1 aliphatic heterocycles. The minimum Gasteiger partial charge on any atom is -0.497 e. The quantitative estimate of drug-likeness (QED) is 0.621. The van der Waals surface area contributed by atoms with Crippen LogP contribution in [0.5, 0.6) is 17.2 Å². The summed E-state index contributed by atoms with van der Waals surface area (Å²) in [6, 6.07) is 9.35. The number of nitrogens with one attached hydrogen (secondary N) is 1. The van der Waals surface area contributed by atoms with E-state index in [4.69, 9.17) is 14.2 Å². The largest absolute Gasteiger partial charge is 0.497 e. The summed E-state index contributed by atoms with van der Waals surface area (Å²) in [4.78, 5) is 15.1. The summed E-state index contributed by atoms with van der Waals surface area (Å²) in [6.07, 6.45) is 0.407. The molecule has 174 valence electrons. The number of aliphatic hydroxyl groups excluding tert-OH is 1. The number of aliphatic hydroxyl groups is 1. The summed E-state index contributed by atoms with van der Waals surface area (Å²) < 4.78 is 16.2. The van der Waals surface area contributed by atoms with Crippen molar-refractivity contribution in [2.75, 3.05) is 33.9 Å². The van der Waals surface area contributed by atoms with Crippen LogP contribution in [0.15, 0.2) is 30.3 Å². The molecule has 0 spiro atoms. The third kappa shape index (κ3) is 5.93. The molecule has 7 heteroatoms. The van der Waals surface area contributed by atoms with E-state index in [0.29, 0.717) is 17.1 Å². The zero-order valence-corrected chi connectivity index (χ0v) is 19.6. The highest BCUT2D eigenvalue weighted by molar-refractivity contribution is 5.95. The Labute approximate surface area is 190 Å². The molecule has 7 nitrogen and oxygen atoms in total. The number of nitrogens with zero attached hydrogens (tertiary/aromatic N) is 1. The van der Waals surface area contributed by atoms with Gasteiger partial charge in [-0.2, -0.15) is 0 Å². The van der Waals surface area contributed by atoms with Crippen molar-refractivity contribution >= 4 is 5.91 Å². The first-order chi connectivity index (χ1) is 15.3. The Morgan fingerprint density at radius 1 is 1.16 bits per heavy atom. The SMILES string of the molecule is COc1cc(OC)cc(C(=O)N[C@@H]2CCN(Cc3ccc(OC[C@@H](C)O)c(C)c3C)C2)c1. The maximum absolute atomic E-state index is 12.8. The highest BCUT2D eigenvalue weighted by atomic mass is 16.5. The fourth-order valence-corrected chi connectivity index (χ4v) is 3.93. The van der Waals surface area contributed by atoms with E-state index in [9.17, 15) is 9.90 Å². The van der Waals surface area contributed by atoms with Crippen molar-refractivity contribution < 1.29 is 24.1 Å². The molecule has 0 saturated carbocycles. The van der Waals surface area contributed by atoms with Gasteiger partial charge in [-0.3, -0.25) is 9.69 Å². The lowest BCUT2D eigenvalue weighted by molar-refractivity contribution is 0.0937. The van der Waals surface area contributed by atoms with Gasteiger partial charge in [0, 0.05) is 37.3 Å². The number of ether oxygens (including phenoxy) is 3. The van der Waals surface area contributed by atoms with Gasteiger partial charge in [0.15, 0.2) is 0 Å². The second kappa shape index (κ2) is 10.7. The van der Waals surface area contributed by atoms with Gasteiger partial charge < -0.3 is 24.6 Å². The number of methoxy groups -OCH3 is 2. The van der Waals surface area contributed by atoms with Crippen molar-refractivity contribution in [1.82, 2.24) is 10.2 Å². The lowest BCUT2D eigenvalue weighted by Crippen LogP contribution is -2.37. The molecule has 2 aromatic rings. The van der Waals surface area contributed by atoms with Crippen LogP contribution < -0.4 is 19.5 Å². The Balaban J connectivity index is 1.59. The minimum absolute atomic E-state index is 0.0924. The van der Waals surface area contributed by atoms with Gasteiger partial charge in [-0.05, 0) is 62.1 Å². The molecule has 0 aliphatic carbocycles. The Hall–Kier alpha value is -2.77. The first kappa shape index (κ1) is 23.9. The fourth-order valence-electron chi connectivity index (χ4n) is 3.93. The predicted molar refractivity (Wildman–Crippen MR) is 124 cm³/mol. The molecule has 3 rings (SSSR count). The summed E-state index contributed by atoms with van der Waals surface area (Å²) >= 11 is 0. The number of rotatable bonds is 9. The van der Waals surface area contributed by atoms with Crippen LogP contribution in [-0.2, 0) is 6.54 Å². The molecule has 0 aromatic heterocycles. The van der Waals surface area contributed by atoms with E-state index in [1.54, 1.807) is 39.3 Å². The highest BCUT2D eigenvalue weighted by Gasteiger charge is 2.25. The summed E-state index contributed by atoms with van der Waals surface area (Å²) in [6.45, 7) is 8.69. The average molecular weight is 443 g/mol. The van der Waals surface area contributed by atoms with Gasteiger partial charge in [0.25, 0.3) is 5.91 Å². The first-order valence-electron chi connectivity index (χ1n) is 11.0. The van der Waals surface area contributed by atoms with E-state index >= 15 is 0 Å². The van der Waals surface area contributed by atoms with Crippen molar-refractivity contribution in [1.29, 1.82) is 0 Å². The maximum atomic E-state index is 12.8. The molecule has 0 bridgehead atoms. The third-order valence-electron chi connectivity index (χ3n) is 5.94. The normalized spacial score (nSPS) is 17.1. The Bertz CT molecular complexity index is 922. The van der Waals surface area contributed by atoms with Crippen LogP contribution in [0, 0.1) is 13.8 Å². The molecule has 1 amide bonds. The average Bonchev–Trinajstić information content (AvgIpc) is 3.22. The van der Waals surface area contributed by atoms with Gasteiger partial charge >= 0.3 is 0 Å². The van der Waals surface area contributed by atoms with Crippen LogP contribution in [0.2, 0.25) is 0 Å². The Morgan fingerprint density at radius 3 is 2.47 bits per heavy atom. The second-order valence-electron chi connectivity index (χ2n) is 8.43. The lowest BCUT2D eigenvalue weighted by Gasteiger charge is -2.20. The van der Waals surface area contributed by atoms with Gasteiger partial charge in [-0.25, -0.2) is 0 Å². The van der Waals surface area contributed by atoms with Gasteiger partial charge in [-0.1, -0.05) is 6.07 Å². The second-order valence-corrected chi connectivity index (χ2v) is 8.43. The zero-order valence-electron chi connectivity index (χ0n) is 19.6. The Kier molecular flexibility index (Phi) is 7.99. The Morgan fingerprint density at radius 2 is 1.84 bits per heavy atom. The lowest BCUT2D eigenvalue weighted by atomic mass is 10.0. The van der Waals surface area contributed by atoms with Crippen LogP contribution in [-0.4, -0.2) is 62.0 Å². The zero-order chi connectivity index (χ0) is 23.3. The topological polar surface area (TPSA) is 80.3 Å². The van der Waals surface area contributed by atoms with Gasteiger partial charge in [0.05, 0.1) is 20.3 Å². The smallest absolute Gasteiger partial charge is 0.251 e. The summed E-state index contributed by atoms with van der Waals surface area (Å²) in [7, 11) is 3.14. The molecule has 1 aliphatic rings. The summed E-state index contributed by atoms with van der Waals surface area (Å²) in [5.41, 5.74) is 4.07. The van der Waals surface area contributed by atoms with Gasteiger partial charge in [-0.15, -0.1) is 0 Å². The van der Waals surface area contributed by atoms with E-state index in [0.717, 1.165) is 37.4 Å². The highest BCUT2D eigenvalue weighted by Crippen LogP contribution is 2.27. The number of carbonyl (C=O) groups is 1. The molecular weight excluding hydrogens is 408 g/mol. The van der Waals surface area contributed by atoms with E-state index in [1.807, 2.05) is 13.0 Å². The molecule has 2 N–H and O–H groups in total.